The highest BCUT2D eigenvalue weighted by Crippen LogP contribution is 2.36. The molecule has 0 bridgehead atoms. The van der Waals surface area contributed by atoms with Crippen LogP contribution >= 0.6 is 0 Å². The largest absolute Gasteiger partial charge is 0.516 e. The minimum atomic E-state index is -0.195. The summed E-state index contributed by atoms with van der Waals surface area (Å²) in [6.07, 6.45) is 7.20. The van der Waals surface area contributed by atoms with Gasteiger partial charge >= 0.3 is 0 Å². The van der Waals surface area contributed by atoms with Gasteiger partial charge in [0.2, 0.25) is 0 Å². The molecule has 0 heterocycles. The van der Waals surface area contributed by atoms with E-state index in [1.54, 1.807) is 0 Å². The Morgan fingerprint density at radius 1 is 0.958 bits per heavy atom. The number of allylic oxidation sites excluding steroid dienone is 3. The topological polar surface area (TPSA) is 40.5 Å². The van der Waals surface area contributed by atoms with Gasteiger partial charge < -0.3 is 10.2 Å². The highest BCUT2D eigenvalue weighted by molar-refractivity contribution is 4.93. The van der Waals surface area contributed by atoms with Crippen molar-refractivity contribution in [2.24, 2.45) is 29.1 Å². The highest BCUT2D eigenvalue weighted by Gasteiger charge is 2.30. The standard InChI is InChI=1S/C12H26O.C10H18O/c1-8(9(2)11(4)13)10(3)12(5,6)7;1-9(2)5-4-6-10(3)7-8-11/h8-11,13H,1-7H3;5,7-8,10-11H,4,6H2,1-3H3/b;8-7+. The van der Waals surface area contributed by atoms with E-state index >= 15 is 0 Å². The third-order valence-electron chi connectivity index (χ3n) is 5.33. The lowest BCUT2D eigenvalue weighted by atomic mass is 9.70. The molecule has 5 atom stereocenters. The zero-order chi connectivity index (χ0) is 19.5. The summed E-state index contributed by atoms with van der Waals surface area (Å²) >= 11 is 0. The summed E-state index contributed by atoms with van der Waals surface area (Å²) in [5.41, 5.74) is 1.70. The third-order valence-corrected chi connectivity index (χ3v) is 5.33. The fourth-order valence-electron chi connectivity index (χ4n) is 2.56. The van der Waals surface area contributed by atoms with Gasteiger partial charge in [0.15, 0.2) is 0 Å². The SMILES string of the molecule is CC(C)=CCCC(C)/C=C/O.CC(O)C(C)C(C)C(C)C(C)(C)C. The van der Waals surface area contributed by atoms with Crippen LogP contribution < -0.4 is 0 Å². The summed E-state index contributed by atoms with van der Waals surface area (Å²) in [5.74, 6) is 2.07. The molecule has 5 unspecified atom stereocenters. The van der Waals surface area contributed by atoms with Crippen molar-refractivity contribution in [3.05, 3.63) is 24.0 Å². The van der Waals surface area contributed by atoms with Crippen LogP contribution in [0.25, 0.3) is 0 Å². The Balaban J connectivity index is 0. The molecule has 2 N–H and O–H groups in total. The lowest BCUT2D eigenvalue weighted by molar-refractivity contribution is 0.0554. The summed E-state index contributed by atoms with van der Waals surface area (Å²) in [7, 11) is 0. The van der Waals surface area contributed by atoms with Gasteiger partial charge in [0.25, 0.3) is 0 Å². The molecule has 2 heteroatoms. The van der Waals surface area contributed by atoms with Crippen LogP contribution in [0.15, 0.2) is 24.0 Å². The second-order valence-corrected chi connectivity index (χ2v) is 8.79. The van der Waals surface area contributed by atoms with E-state index in [0.717, 1.165) is 19.1 Å². The van der Waals surface area contributed by atoms with Gasteiger partial charge in [-0.15, -0.1) is 0 Å². The van der Waals surface area contributed by atoms with Gasteiger partial charge in [-0.3, -0.25) is 0 Å². The van der Waals surface area contributed by atoms with E-state index in [1.165, 1.54) is 5.57 Å². The van der Waals surface area contributed by atoms with Crippen LogP contribution in [0.1, 0.15) is 82.1 Å². The van der Waals surface area contributed by atoms with Crippen molar-refractivity contribution >= 4 is 0 Å². The smallest absolute Gasteiger partial charge is 0.0754 e. The molecule has 0 aromatic heterocycles. The first kappa shape index (κ1) is 25.5. The van der Waals surface area contributed by atoms with Gasteiger partial charge in [0, 0.05) is 0 Å². The van der Waals surface area contributed by atoms with Crippen LogP contribution in [0.2, 0.25) is 0 Å². The summed E-state index contributed by atoms with van der Waals surface area (Å²) in [6.45, 7) is 21.7. The third kappa shape index (κ3) is 12.6. The molecule has 2 nitrogen and oxygen atoms in total. The normalized spacial score (nSPS) is 18.1. The molecule has 0 aliphatic rings. The Hall–Kier alpha value is -0.760. The summed E-state index contributed by atoms with van der Waals surface area (Å²) in [5, 5.41) is 18.0. The van der Waals surface area contributed by atoms with E-state index in [0.29, 0.717) is 29.1 Å². The van der Waals surface area contributed by atoms with E-state index in [4.69, 9.17) is 5.11 Å². The van der Waals surface area contributed by atoms with E-state index in [2.05, 4.69) is 68.4 Å². The summed E-state index contributed by atoms with van der Waals surface area (Å²) in [4.78, 5) is 0. The quantitative estimate of drug-likeness (QED) is 0.397. The molecule has 24 heavy (non-hydrogen) atoms. The number of rotatable bonds is 7. The van der Waals surface area contributed by atoms with Crippen molar-refractivity contribution in [1.82, 2.24) is 0 Å². The van der Waals surface area contributed by atoms with Gasteiger partial charge in [-0.1, -0.05) is 60.1 Å². The van der Waals surface area contributed by atoms with E-state index in [9.17, 15) is 5.11 Å². The Morgan fingerprint density at radius 2 is 1.46 bits per heavy atom. The summed E-state index contributed by atoms with van der Waals surface area (Å²) < 4.78 is 0. The molecule has 0 aliphatic carbocycles. The molecular formula is C22H44O2. The first-order chi connectivity index (χ1) is 10.8. The average molecular weight is 341 g/mol. The van der Waals surface area contributed by atoms with Crippen LogP contribution in [0.3, 0.4) is 0 Å². The Labute approximate surface area is 152 Å². The van der Waals surface area contributed by atoms with Crippen LogP contribution in [0.5, 0.6) is 0 Å². The minimum absolute atomic E-state index is 0.195. The maximum absolute atomic E-state index is 9.51. The van der Waals surface area contributed by atoms with Crippen molar-refractivity contribution in [1.29, 1.82) is 0 Å². The average Bonchev–Trinajstić information content (AvgIpc) is 2.44. The zero-order valence-corrected chi connectivity index (χ0v) is 17.9. The second-order valence-electron chi connectivity index (χ2n) is 8.79. The molecule has 144 valence electrons. The molecule has 0 saturated carbocycles. The van der Waals surface area contributed by atoms with E-state index < -0.39 is 0 Å². The number of aliphatic hydroxyl groups is 2. The number of hydrogen-bond donors (Lipinski definition) is 2. The van der Waals surface area contributed by atoms with Gasteiger partial charge in [0.05, 0.1) is 12.4 Å². The summed E-state index contributed by atoms with van der Waals surface area (Å²) in [6, 6.07) is 0. The predicted molar refractivity (Wildman–Crippen MR) is 108 cm³/mol. The molecule has 0 amide bonds. The second kappa shape index (κ2) is 12.6. The van der Waals surface area contributed by atoms with Gasteiger partial charge in [0.1, 0.15) is 0 Å². The molecular weight excluding hydrogens is 296 g/mol. The maximum atomic E-state index is 9.51. The number of aliphatic hydroxyl groups excluding tert-OH is 2. The fraction of sp³-hybridized carbons (Fsp3) is 0.818. The molecule has 0 aliphatic heterocycles. The molecule has 0 rings (SSSR count). The van der Waals surface area contributed by atoms with Gasteiger partial charge in [-0.05, 0) is 68.8 Å². The molecule has 0 fully saturated rings. The van der Waals surface area contributed by atoms with Gasteiger partial charge in [-0.25, -0.2) is 0 Å². The first-order valence-electron chi connectivity index (χ1n) is 9.46. The first-order valence-corrected chi connectivity index (χ1v) is 9.46. The van der Waals surface area contributed by atoms with Crippen molar-refractivity contribution in [2.75, 3.05) is 0 Å². The molecule has 0 aromatic rings. The lowest BCUT2D eigenvalue weighted by Crippen LogP contribution is -2.32. The molecule has 0 spiro atoms. The lowest BCUT2D eigenvalue weighted by Gasteiger charge is -2.36. The molecule has 0 saturated heterocycles. The van der Waals surface area contributed by atoms with Crippen molar-refractivity contribution in [3.63, 3.8) is 0 Å². The number of hydrogen-bond acceptors (Lipinski definition) is 2. The predicted octanol–water partition coefficient (Wildman–Crippen LogP) is 6.76. The fourth-order valence-corrected chi connectivity index (χ4v) is 2.56. The van der Waals surface area contributed by atoms with Gasteiger partial charge in [-0.2, -0.15) is 0 Å². The zero-order valence-electron chi connectivity index (χ0n) is 17.9. The highest BCUT2D eigenvalue weighted by atomic mass is 16.3. The maximum Gasteiger partial charge on any atom is 0.0754 e. The van der Waals surface area contributed by atoms with Crippen LogP contribution in [0.4, 0.5) is 0 Å². The monoisotopic (exact) mass is 340 g/mol. The Morgan fingerprint density at radius 3 is 1.79 bits per heavy atom. The molecule has 0 radical (unpaired) electrons. The van der Waals surface area contributed by atoms with E-state index in [1.807, 2.05) is 13.0 Å². The molecule has 0 aromatic carbocycles. The van der Waals surface area contributed by atoms with Crippen LogP contribution in [-0.2, 0) is 0 Å². The van der Waals surface area contributed by atoms with Crippen molar-refractivity contribution in [3.8, 4) is 0 Å². The van der Waals surface area contributed by atoms with Crippen LogP contribution in [0, 0.1) is 29.1 Å². The minimum Gasteiger partial charge on any atom is -0.516 e. The van der Waals surface area contributed by atoms with Crippen LogP contribution in [-0.4, -0.2) is 16.3 Å². The van der Waals surface area contributed by atoms with E-state index in [-0.39, 0.29) is 6.10 Å². The Bertz CT molecular complexity index is 357. The Kier molecular flexibility index (Phi) is 13.4. The van der Waals surface area contributed by atoms with Crippen molar-refractivity contribution in [2.45, 2.75) is 88.2 Å². The van der Waals surface area contributed by atoms with Crippen molar-refractivity contribution < 1.29 is 10.2 Å².